The minimum Gasteiger partial charge on any atom is -0.387 e. The van der Waals surface area contributed by atoms with Crippen molar-refractivity contribution in [2.24, 2.45) is 10.8 Å². The highest BCUT2D eigenvalue weighted by Gasteiger charge is 2.50. The summed E-state index contributed by atoms with van der Waals surface area (Å²) in [6.45, 7) is -1.93. The van der Waals surface area contributed by atoms with Crippen LogP contribution in [0, 0.1) is 0 Å². The molecule has 3 aromatic rings. The largest absolute Gasteiger partial charge is 0.481 e. The maximum atomic E-state index is 12.5. The summed E-state index contributed by atoms with van der Waals surface area (Å²) in [5.41, 5.74) is 20.0. The zero-order valence-corrected chi connectivity index (χ0v) is 25.3. The number of phosphoric ester groups is 2. The fraction of sp³-hybridized carbons (Fsp3) is 0.476. The molecule has 47 heavy (non-hydrogen) atoms. The quantitative estimate of drug-likeness (QED) is 0.0329. The van der Waals surface area contributed by atoms with Gasteiger partial charge in [0.1, 0.15) is 54.0 Å². The second kappa shape index (κ2) is 13.4. The van der Waals surface area contributed by atoms with Gasteiger partial charge in [0, 0.05) is 5.53 Å². The topological polar surface area (TPSA) is 367 Å². The molecular weight excluding hydrogens is 678 g/mol. The average Bonchev–Trinajstić information content (AvgIpc) is 3.65. The smallest absolute Gasteiger partial charge is 0.387 e. The van der Waals surface area contributed by atoms with Crippen molar-refractivity contribution in [1.29, 1.82) is 0 Å². The lowest BCUT2D eigenvalue weighted by Gasteiger charge is -2.20. The van der Waals surface area contributed by atoms with E-state index in [1.165, 1.54) is 29.2 Å². The van der Waals surface area contributed by atoms with Crippen molar-refractivity contribution in [3.8, 4) is 0 Å². The Morgan fingerprint density at radius 3 is 2.32 bits per heavy atom. The van der Waals surface area contributed by atoms with Gasteiger partial charge in [-0.1, -0.05) is 0 Å². The van der Waals surface area contributed by atoms with E-state index in [0.717, 1.165) is 10.9 Å². The zero-order valence-electron chi connectivity index (χ0n) is 23.5. The number of fused-ring (bicyclic) bond motifs is 1. The highest BCUT2D eigenvalue weighted by atomic mass is 31.3. The van der Waals surface area contributed by atoms with Crippen LogP contribution < -0.4 is 16.0 Å². The number of aromatic nitrogens is 5. The highest BCUT2D eigenvalue weighted by Crippen LogP contribution is 2.60. The van der Waals surface area contributed by atoms with E-state index in [4.69, 9.17) is 31.0 Å². The van der Waals surface area contributed by atoms with Gasteiger partial charge in [-0.05, 0) is 12.1 Å². The minimum atomic E-state index is -5.45. The van der Waals surface area contributed by atoms with Crippen molar-refractivity contribution in [3.05, 3.63) is 47.0 Å². The standard InChI is InChI=1S/C21H26N10O14P2/c22-16-11-19(26-6-25-16)31(7-27-11)21-15(35)13(33)10(44-21)5-42-47(39,40)45-46(37,38)41-4-9-12(32)14(34)20(43-9)30-3-1-2-8(17(23)36)18(30)28-29-24/h1-3,6-7,9-10,12-15,20-21,32-35H,4-5H2,(H5-,22,23,25,26,36,37,38,39,40)/p+1/t9-,10-,12-,13-,14-,15-,20-,21-/m1/s1. The number of aliphatic hydroxyl groups excluding tert-OH is 4. The molecule has 2 fully saturated rings. The number of hydrogen-bond acceptors (Lipinski definition) is 17. The fourth-order valence-corrected chi connectivity index (χ4v) is 6.92. The first-order chi connectivity index (χ1) is 22.1. The number of amides is 1. The zero-order chi connectivity index (χ0) is 34.3. The number of carbonyl (C=O) groups is 1. The Labute approximate surface area is 261 Å². The molecule has 0 radical (unpaired) electrons. The van der Waals surface area contributed by atoms with E-state index in [2.05, 4.69) is 33.8 Å². The van der Waals surface area contributed by atoms with Crippen LogP contribution in [0.4, 0.5) is 11.6 Å². The van der Waals surface area contributed by atoms with Crippen LogP contribution in [0.25, 0.3) is 21.6 Å². The molecule has 0 spiro atoms. The van der Waals surface area contributed by atoms with E-state index in [1.807, 2.05) is 0 Å². The third kappa shape index (κ3) is 7.11. The van der Waals surface area contributed by atoms with Crippen LogP contribution in [-0.2, 0) is 32.0 Å². The average molecular weight is 705 g/mol. The summed E-state index contributed by atoms with van der Waals surface area (Å²) in [7, 11) is -10.9. The molecular formula is C21H27N10O14P2+. The lowest BCUT2D eigenvalue weighted by molar-refractivity contribution is -0.754. The van der Waals surface area contributed by atoms with E-state index in [0.29, 0.717) is 0 Å². The maximum absolute atomic E-state index is 12.5. The summed E-state index contributed by atoms with van der Waals surface area (Å²) in [5, 5.41) is 45.3. The maximum Gasteiger partial charge on any atom is 0.481 e. The van der Waals surface area contributed by atoms with Crippen molar-refractivity contribution in [1.82, 2.24) is 19.5 Å². The van der Waals surface area contributed by atoms with Crippen LogP contribution in [0.15, 0.2) is 36.1 Å². The van der Waals surface area contributed by atoms with Crippen molar-refractivity contribution >= 4 is 44.4 Å². The fourth-order valence-electron chi connectivity index (χ4n) is 4.82. The number of ether oxygens (including phenoxy) is 2. The van der Waals surface area contributed by atoms with Crippen molar-refractivity contribution in [3.63, 3.8) is 0 Å². The van der Waals surface area contributed by atoms with Gasteiger partial charge in [0.2, 0.25) is 11.1 Å². The van der Waals surface area contributed by atoms with Gasteiger partial charge in [-0.15, -0.1) is 0 Å². The molecule has 2 aliphatic rings. The molecule has 24 nitrogen and oxygen atoms in total. The number of nitrogens with zero attached hydrogens (tertiary/aromatic N) is 8. The summed E-state index contributed by atoms with van der Waals surface area (Å²) in [4.78, 5) is 46.3. The molecule has 3 aromatic heterocycles. The van der Waals surface area contributed by atoms with Crippen molar-refractivity contribution in [2.75, 3.05) is 18.9 Å². The Bertz CT molecular complexity index is 1810. The normalized spacial score (nSPS) is 30.1. The summed E-state index contributed by atoms with van der Waals surface area (Å²) < 4.78 is 51.9. The summed E-state index contributed by atoms with van der Waals surface area (Å²) in [6.07, 6.45) is -9.14. The summed E-state index contributed by atoms with van der Waals surface area (Å²) >= 11 is 0. The first-order valence-electron chi connectivity index (χ1n) is 13.2. The number of pyridine rings is 1. The van der Waals surface area contributed by atoms with Crippen LogP contribution in [0.1, 0.15) is 22.8 Å². The van der Waals surface area contributed by atoms with E-state index in [9.17, 15) is 44.1 Å². The molecule has 5 heterocycles. The SMILES string of the molecule is [N-]=[N+]=Nc1c(C(N)=O)ccc[n+]1[C@@H]1O[C@H](COP(=O)(O)OP(=O)(O)OC[C@H]2O[C@@H](n3cnc4c(N)ncnc43)[C@H](O)[C@@H]2O)[C@@H](O)[C@H]1O. The van der Waals surface area contributed by atoms with E-state index in [-0.39, 0.29) is 28.4 Å². The van der Waals surface area contributed by atoms with Crippen molar-refractivity contribution < 1.29 is 71.5 Å². The number of anilines is 1. The monoisotopic (exact) mass is 705 g/mol. The molecule has 5 rings (SSSR count). The van der Waals surface area contributed by atoms with Gasteiger partial charge in [0.25, 0.3) is 5.91 Å². The van der Waals surface area contributed by atoms with E-state index >= 15 is 0 Å². The lowest BCUT2D eigenvalue weighted by atomic mass is 10.1. The number of aliphatic hydroxyl groups is 4. The van der Waals surface area contributed by atoms with Gasteiger partial charge in [0.05, 0.1) is 25.7 Å². The van der Waals surface area contributed by atoms with Gasteiger partial charge < -0.3 is 51.2 Å². The van der Waals surface area contributed by atoms with E-state index in [1.54, 1.807) is 0 Å². The molecule has 2 unspecified atom stereocenters. The van der Waals surface area contributed by atoms with Gasteiger partial charge in [-0.25, -0.2) is 24.1 Å². The molecule has 0 aliphatic carbocycles. The summed E-state index contributed by atoms with van der Waals surface area (Å²) in [6, 6.07) is 2.53. The van der Waals surface area contributed by atoms with Crippen molar-refractivity contribution in [2.45, 2.75) is 49.1 Å². The highest BCUT2D eigenvalue weighted by molar-refractivity contribution is 7.61. The third-order valence-electron chi connectivity index (χ3n) is 7.02. The Hall–Kier alpha value is -3.70. The number of carbonyl (C=O) groups excluding carboxylic acids is 1. The van der Waals surface area contributed by atoms with Crippen LogP contribution in [0.3, 0.4) is 0 Å². The number of phosphoric acid groups is 2. The number of nitrogens with two attached hydrogens (primary N) is 2. The van der Waals surface area contributed by atoms with Gasteiger partial charge in [-0.3, -0.25) is 18.4 Å². The van der Waals surface area contributed by atoms with Crippen LogP contribution in [0.5, 0.6) is 0 Å². The second-order valence-corrected chi connectivity index (χ2v) is 13.0. The minimum absolute atomic E-state index is 0.0361. The van der Waals surface area contributed by atoms with Gasteiger partial charge in [-0.2, -0.15) is 8.88 Å². The molecule has 1 amide bonds. The van der Waals surface area contributed by atoms with Crippen LogP contribution in [0.2, 0.25) is 0 Å². The number of rotatable bonds is 12. The molecule has 0 aromatic carbocycles. The number of nitrogen functional groups attached to an aromatic ring is 1. The lowest BCUT2D eigenvalue weighted by Crippen LogP contribution is -2.47. The molecule has 2 aliphatic heterocycles. The molecule has 10 atom stereocenters. The van der Waals surface area contributed by atoms with Crippen LogP contribution in [-0.4, -0.2) is 105 Å². The third-order valence-corrected chi connectivity index (χ3v) is 9.62. The molecule has 0 saturated carbocycles. The predicted octanol–water partition coefficient (Wildman–Crippen LogP) is -2.07. The van der Waals surface area contributed by atoms with Gasteiger partial charge >= 0.3 is 26.6 Å². The number of azide groups is 1. The first-order valence-corrected chi connectivity index (χ1v) is 16.1. The number of hydrogen-bond donors (Lipinski definition) is 8. The molecule has 0 bridgehead atoms. The van der Waals surface area contributed by atoms with E-state index < -0.39 is 83.8 Å². The number of primary amides is 1. The second-order valence-electron chi connectivity index (χ2n) is 9.99. The molecule has 254 valence electrons. The van der Waals surface area contributed by atoms with Crippen LogP contribution >= 0.6 is 15.6 Å². The summed E-state index contributed by atoms with van der Waals surface area (Å²) in [5.74, 6) is -1.32. The Morgan fingerprint density at radius 2 is 1.68 bits per heavy atom. The molecule has 10 N–H and O–H groups in total. The number of imidazole rings is 1. The predicted molar refractivity (Wildman–Crippen MR) is 148 cm³/mol. The Balaban J connectivity index is 1.19. The Morgan fingerprint density at radius 1 is 1.04 bits per heavy atom. The van der Waals surface area contributed by atoms with Gasteiger partial charge in [0.15, 0.2) is 17.7 Å². The Kier molecular flexibility index (Phi) is 9.89. The first kappa shape index (κ1) is 34.6. The molecule has 26 heteroatoms. The molecule has 2 saturated heterocycles.